The highest BCUT2D eigenvalue weighted by atomic mass is 16.5. The molecule has 0 spiro atoms. The second-order valence-corrected chi connectivity index (χ2v) is 4.82. The van der Waals surface area contributed by atoms with Crippen LogP contribution in [0.5, 0.6) is 0 Å². The van der Waals surface area contributed by atoms with Crippen molar-refractivity contribution >= 4 is 11.6 Å². The lowest BCUT2D eigenvalue weighted by Crippen LogP contribution is -2.48. The first-order chi connectivity index (χ1) is 10.2. The monoisotopic (exact) mass is 287 g/mol. The third-order valence-electron chi connectivity index (χ3n) is 3.33. The van der Waals surface area contributed by atoms with Crippen LogP contribution in [0.3, 0.4) is 0 Å². The van der Waals surface area contributed by atoms with Crippen LogP contribution >= 0.6 is 0 Å². The van der Waals surface area contributed by atoms with Crippen molar-refractivity contribution in [3.05, 3.63) is 36.5 Å². The van der Waals surface area contributed by atoms with Crippen molar-refractivity contribution in [2.45, 2.75) is 13.0 Å². The highest BCUT2D eigenvalue weighted by Crippen LogP contribution is 2.12. The summed E-state index contributed by atoms with van der Waals surface area (Å²) in [5.74, 6) is 1.52. The molecule has 3 heterocycles. The number of imidazole rings is 1. The number of morpholine rings is 1. The summed E-state index contributed by atoms with van der Waals surface area (Å²) in [5.41, 5.74) is 0.661. The Bertz CT molecular complexity index is 617. The van der Waals surface area contributed by atoms with Crippen molar-refractivity contribution in [3.8, 4) is 5.82 Å². The van der Waals surface area contributed by atoms with E-state index in [1.54, 1.807) is 12.4 Å². The quantitative estimate of drug-likeness (QED) is 0.859. The topological polar surface area (TPSA) is 81.1 Å². The normalized spacial score (nSPS) is 18.4. The number of nitrogens with zero attached hydrogens (tertiary/aromatic N) is 3. The molecule has 2 aromatic heterocycles. The predicted octanol–water partition coefficient (Wildman–Crippen LogP) is 0.503. The zero-order chi connectivity index (χ0) is 14.7. The second-order valence-electron chi connectivity index (χ2n) is 4.82. The molecule has 1 aliphatic rings. The molecular formula is C14H17N5O2. The number of pyridine rings is 1. The van der Waals surface area contributed by atoms with E-state index >= 15 is 0 Å². The van der Waals surface area contributed by atoms with Crippen molar-refractivity contribution < 1.29 is 9.53 Å². The Morgan fingerprint density at radius 3 is 3.00 bits per heavy atom. The van der Waals surface area contributed by atoms with Gasteiger partial charge in [-0.15, -0.1) is 0 Å². The molecule has 0 unspecified atom stereocenters. The number of hydrogen-bond acceptors (Lipinski definition) is 5. The molecule has 7 nitrogen and oxygen atoms in total. The molecule has 21 heavy (non-hydrogen) atoms. The van der Waals surface area contributed by atoms with Crippen molar-refractivity contribution in [1.29, 1.82) is 0 Å². The minimum Gasteiger partial charge on any atom is -0.378 e. The number of anilines is 1. The van der Waals surface area contributed by atoms with Crippen LogP contribution in [0.15, 0.2) is 30.7 Å². The molecule has 1 saturated heterocycles. The lowest BCUT2D eigenvalue weighted by Gasteiger charge is -2.22. The summed E-state index contributed by atoms with van der Waals surface area (Å²) in [6.07, 6.45) is 5.21. The Morgan fingerprint density at radius 1 is 1.48 bits per heavy atom. The zero-order valence-corrected chi connectivity index (χ0v) is 11.7. The van der Waals surface area contributed by atoms with Crippen LogP contribution in [-0.2, 0) is 9.53 Å². The summed E-state index contributed by atoms with van der Waals surface area (Å²) < 4.78 is 7.15. The van der Waals surface area contributed by atoms with Gasteiger partial charge in [-0.05, 0) is 19.1 Å². The van der Waals surface area contributed by atoms with Crippen LogP contribution in [0.25, 0.3) is 5.82 Å². The number of carbonyl (C=O) groups excluding carboxylic acids is 1. The Kier molecular flexibility index (Phi) is 3.94. The number of aromatic nitrogens is 3. The van der Waals surface area contributed by atoms with Gasteiger partial charge in [-0.25, -0.2) is 9.97 Å². The summed E-state index contributed by atoms with van der Waals surface area (Å²) in [6, 6.07) is 3.35. The van der Waals surface area contributed by atoms with E-state index in [0.29, 0.717) is 25.4 Å². The largest absolute Gasteiger partial charge is 0.378 e. The first-order valence-electron chi connectivity index (χ1n) is 6.82. The van der Waals surface area contributed by atoms with E-state index < -0.39 is 0 Å². The first kappa shape index (κ1) is 13.7. The fourth-order valence-corrected chi connectivity index (χ4v) is 2.19. The molecule has 1 atom stereocenters. The molecule has 1 fully saturated rings. The van der Waals surface area contributed by atoms with Crippen molar-refractivity contribution in [2.24, 2.45) is 0 Å². The lowest BCUT2D eigenvalue weighted by atomic mass is 10.2. The molecule has 0 bridgehead atoms. The van der Waals surface area contributed by atoms with Crippen LogP contribution in [0.4, 0.5) is 5.69 Å². The maximum atomic E-state index is 12.0. The molecular weight excluding hydrogens is 270 g/mol. The zero-order valence-electron chi connectivity index (χ0n) is 11.7. The Hall–Kier alpha value is -2.25. The van der Waals surface area contributed by atoms with Gasteiger partial charge in [0.25, 0.3) is 0 Å². The number of ether oxygens (including phenoxy) is 1. The summed E-state index contributed by atoms with van der Waals surface area (Å²) >= 11 is 0. The number of rotatable bonds is 3. The van der Waals surface area contributed by atoms with Crippen LogP contribution in [0.1, 0.15) is 5.82 Å². The first-order valence-corrected chi connectivity index (χ1v) is 6.82. The Balaban J connectivity index is 1.67. The van der Waals surface area contributed by atoms with Gasteiger partial charge < -0.3 is 15.4 Å². The van der Waals surface area contributed by atoms with Crippen LogP contribution in [0, 0.1) is 6.92 Å². The van der Waals surface area contributed by atoms with Gasteiger partial charge in [-0.3, -0.25) is 9.36 Å². The van der Waals surface area contributed by atoms with Crippen LogP contribution in [-0.4, -0.2) is 46.2 Å². The third-order valence-corrected chi connectivity index (χ3v) is 3.33. The Morgan fingerprint density at radius 2 is 2.38 bits per heavy atom. The van der Waals surface area contributed by atoms with Crippen LogP contribution < -0.4 is 10.6 Å². The third kappa shape index (κ3) is 3.09. The smallest absolute Gasteiger partial charge is 0.243 e. The molecule has 7 heteroatoms. The van der Waals surface area contributed by atoms with Crippen molar-refractivity contribution in [1.82, 2.24) is 19.9 Å². The van der Waals surface area contributed by atoms with Crippen LogP contribution in [0.2, 0.25) is 0 Å². The number of carbonyl (C=O) groups is 1. The van der Waals surface area contributed by atoms with E-state index in [-0.39, 0.29) is 11.9 Å². The highest BCUT2D eigenvalue weighted by molar-refractivity contribution is 5.94. The van der Waals surface area contributed by atoms with E-state index in [1.807, 2.05) is 29.8 Å². The second kappa shape index (κ2) is 6.02. The molecule has 2 N–H and O–H groups in total. The summed E-state index contributed by atoms with van der Waals surface area (Å²) in [7, 11) is 0. The van der Waals surface area contributed by atoms with Gasteiger partial charge in [-0.2, -0.15) is 0 Å². The average Bonchev–Trinajstić information content (AvgIpc) is 2.95. The van der Waals surface area contributed by atoms with E-state index in [1.165, 1.54) is 0 Å². The fraction of sp³-hybridized carbons (Fsp3) is 0.357. The minimum atomic E-state index is -0.311. The molecule has 3 rings (SSSR count). The van der Waals surface area contributed by atoms with Crippen molar-refractivity contribution in [2.75, 3.05) is 25.1 Å². The highest BCUT2D eigenvalue weighted by Gasteiger charge is 2.21. The fourth-order valence-electron chi connectivity index (χ4n) is 2.19. The molecule has 0 radical (unpaired) electrons. The molecule has 2 aromatic rings. The minimum absolute atomic E-state index is 0.108. The van der Waals surface area contributed by atoms with Crippen molar-refractivity contribution in [3.63, 3.8) is 0 Å². The van der Waals surface area contributed by atoms with E-state index in [2.05, 4.69) is 20.6 Å². The lowest BCUT2D eigenvalue weighted by molar-refractivity contribution is -0.120. The van der Waals surface area contributed by atoms with E-state index in [0.717, 1.165) is 11.6 Å². The molecule has 1 amide bonds. The molecule has 0 aromatic carbocycles. The summed E-state index contributed by atoms with van der Waals surface area (Å²) in [5, 5.41) is 5.94. The number of aryl methyl sites for hydroxylation is 1. The van der Waals surface area contributed by atoms with Gasteiger partial charge in [-0.1, -0.05) is 0 Å². The van der Waals surface area contributed by atoms with Gasteiger partial charge in [0.15, 0.2) is 0 Å². The summed E-state index contributed by atoms with van der Waals surface area (Å²) in [4.78, 5) is 20.5. The molecule has 1 aliphatic heterocycles. The van der Waals surface area contributed by atoms with Gasteiger partial charge in [0, 0.05) is 18.9 Å². The number of amides is 1. The van der Waals surface area contributed by atoms with Gasteiger partial charge >= 0.3 is 0 Å². The summed E-state index contributed by atoms with van der Waals surface area (Å²) in [6.45, 7) is 3.64. The SMILES string of the molecule is Cc1nccn1-c1ccc(NC(=O)[C@@H]2COCCN2)cn1. The molecule has 0 saturated carbocycles. The Labute approximate surface area is 122 Å². The maximum absolute atomic E-state index is 12.0. The average molecular weight is 287 g/mol. The van der Waals surface area contributed by atoms with E-state index in [9.17, 15) is 4.79 Å². The van der Waals surface area contributed by atoms with Gasteiger partial charge in [0.1, 0.15) is 17.7 Å². The number of nitrogens with one attached hydrogen (secondary N) is 2. The maximum Gasteiger partial charge on any atom is 0.243 e. The molecule has 110 valence electrons. The van der Waals surface area contributed by atoms with E-state index in [4.69, 9.17) is 4.74 Å². The van der Waals surface area contributed by atoms with Gasteiger partial charge in [0.2, 0.25) is 5.91 Å². The number of hydrogen-bond donors (Lipinski definition) is 2. The molecule has 0 aliphatic carbocycles. The predicted molar refractivity (Wildman–Crippen MR) is 77.3 cm³/mol. The standard InChI is InChI=1S/C14H17N5O2/c1-10-15-4-6-19(10)13-3-2-11(8-17-13)18-14(20)12-9-21-7-5-16-12/h2-4,6,8,12,16H,5,7,9H2,1H3,(H,18,20)/t12-/m0/s1. The van der Waals surface area contributed by atoms with Gasteiger partial charge in [0.05, 0.1) is 25.1 Å².